The van der Waals surface area contributed by atoms with Crippen molar-refractivity contribution in [1.82, 2.24) is 15.3 Å². The fraction of sp³-hybridized carbons (Fsp3) is 0.0833. The Kier molecular flexibility index (Phi) is 3.78. The molecule has 18 heavy (non-hydrogen) atoms. The Bertz CT molecular complexity index is 559. The van der Waals surface area contributed by atoms with E-state index >= 15 is 0 Å². The molecule has 1 aromatic carbocycles. The van der Waals surface area contributed by atoms with Crippen molar-refractivity contribution in [2.24, 2.45) is 0 Å². The van der Waals surface area contributed by atoms with Crippen LogP contribution in [0, 0.1) is 0 Å². The van der Waals surface area contributed by atoms with Crippen LogP contribution in [0.3, 0.4) is 0 Å². The zero-order valence-electron chi connectivity index (χ0n) is 9.75. The van der Waals surface area contributed by atoms with Gasteiger partial charge in [-0.15, -0.1) is 0 Å². The summed E-state index contributed by atoms with van der Waals surface area (Å²) in [6.45, 7) is 0. The van der Waals surface area contributed by atoms with E-state index in [0.29, 0.717) is 11.3 Å². The zero-order chi connectivity index (χ0) is 13.0. The van der Waals surface area contributed by atoms with Gasteiger partial charge >= 0.3 is 0 Å². The smallest absolute Gasteiger partial charge is 0.251 e. The van der Waals surface area contributed by atoms with E-state index in [0.717, 1.165) is 9.92 Å². The SMILES string of the molecule is CNC(=O)c1ccc(Sc2ccncn2)c(N)c1. The van der Waals surface area contributed by atoms with Gasteiger partial charge in [0.25, 0.3) is 5.91 Å². The van der Waals surface area contributed by atoms with Crippen molar-refractivity contribution in [3.63, 3.8) is 0 Å². The third-order valence-electron chi connectivity index (χ3n) is 2.27. The highest BCUT2D eigenvalue weighted by Crippen LogP contribution is 2.30. The summed E-state index contributed by atoms with van der Waals surface area (Å²) in [5.74, 6) is -0.153. The first-order valence-electron chi connectivity index (χ1n) is 5.26. The quantitative estimate of drug-likeness (QED) is 0.646. The van der Waals surface area contributed by atoms with Gasteiger partial charge < -0.3 is 11.1 Å². The number of carbonyl (C=O) groups excluding carboxylic acids is 1. The highest BCUT2D eigenvalue weighted by molar-refractivity contribution is 7.99. The van der Waals surface area contributed by atoms with Crippen LogP contribution < -0.4 is 11.1 Å². The molecule has 5 nitrogen and oxygen atoms in total. The molecule has 0 aliphatic heterocycles. The number of nitrogens with one attached hydrogen (secondary N) is 1. The second kappa shape index (κ2) is 5.50. The van der Waals surface area contributed by atoms with E-state index in [1.54, 1.807) is 31.4 Å². The van der Waals surface area contributed by atoms with Crippen LogP contribution in [-0.4, -0.2) is 22.9 Å². The van der Waals surface area contributed by atoms with Crippen LogP contribution in [0.5, 0.6) is 0 Å². The molecule has 2 aromatic rings. The molecule has 0 radical (unpaired) electrons. The molecule has 0 aliphatic rings. The van der Waals surface area contributed by atoms with Gasteiger partial charge in [0.2, 0.25) is 0 Å². The summed E-state index contributed by atoms with van der Waals surface area (Å²) < 4.78 is 0. The molecular formula is C12H12N4OS. The molecule has 0 unspecified atom stereocenters. The monoisotopic (exact) mass is 260 g/mol. The lowest BCUT2D eigenvalue weighted by Crippen LogP contribution is -2.17. The summed E-state index contributed by atoms with van der Waals surface area (Å²) in [6, 6.07) is 7.00. The molecular weight excluding hydrogens is 248 g/mol. The maximum absolute atomic E-state index is 11.4. The summed E-state index contributed by atoms with van der Waals surface area (Å²) >= 11 is 1.43. The lowest BCUT2D eigenvalue weighted by atomic mass is 10.2. The molecule has 0 fully saturated rings. The predicted molar refractivity (Wildman–Crippen MR) is 70.4 cm³/mol. The van der Waals surface area contributed by atoms with Crippen molar-refractivity contribution in [2.45, 2.75) is 9.92 Å². The van der Waals surface area contributed by atoms with Crippen LogP contribution in [0.1, 0.15) is 10.4 Å². The Balaban J connectivity index is 2.23. The Morgan fingerprint density at radius 1 is 1.39 bits per heavy atom. The Morgan fingerprint density at radius 2 is 2.22 bits per heavy atom. The zero-order valence-corrected chi connectivity index (χ0v) is 10.6. The average molecular weight is 260 g/mol. The van der Waals surface area contributed by atoms with Gasteiger partial charge in [-0.2, -0.15) is 0 Å². The number of carbonyl (C=O) groups is 1. The molecule has 1 aromatic heterocycles. The Hall–Kier alpha value is -2.08. The number of benzene rings is 1. The second-order valence-electron chi connectivity index (χ2n) is 3.48. The second-order valence-corrected chi connectivity index (χ2v) is 4.54. The first-order valence-corrected chi connectivity index (χ1v) is 6.08. The van der Waals surface area contributed by atoms with Gasteiger partial charge in [-0.05, 0) is 24.3 Å². The minimum atomic E-state index is -0.153. The molecule has 1 heterocycles. The summed E-state index contributed by atoms with van der Waals surface area (Å²) in [7, 11) is 1.59. The summed E-state index contributed by atoms with van der Waals surface area (Å²) in [5.41, 5.74) is 7.02. The van der Waals surface area contributed by atoms with E-state index in [1.165, 1.54) is 18.1 Å². The third-order valence-corrected chi connectivity index (χ3v) is 3.31. The van der Waals surface area contributed by atoms with Gasteiger partial charge in [0.15, 0.2) is 0 Å². The third kappa shape index (κ3) is 2.78. The van der Waals surface area contributed by atoms with Gasteiger partial charge in [0.05, 0.1) is 0 Å². The molecule has 1 amide bonds. The minimum absolute atomic E-state index is 0.153. The highest BCUT2D eigenvalue weighted by Gasteiger charge is 2.07. The van der Waals surface area contributed by atoms with Gasteiger partial charge in [-0.1, -0.05) is 11.8 Å². The summed E-state index contributed by atoms with van der Waals surface area (Å²) in [4.78, 5) is 20.3. The number of anilines is 1. The Labute approximate surface area is 109 Å². The van der Waals surface area contributed by atoms with Crippen molar-refractivity contribution < 1.29 is 4.79 Å². The molecule has 0 atom stereocenters. The fourth-order valence-corrected chi connectivity index (χ4v) is 2.15. The molecule has 0 bridgehead atoms. The molecule has 6 heteroatoms. The van der Waals surface area contributed by atoms with E-state index in [1.807, 2.05) is 6.07 Å². The van der Waals surface area contributed by atoms with Gasteiger partial charge in [-0.3, -0.25) is 4.79 Å². The van der Waals surface area contributed by atoms with Crippen molar-refractivity contribution in [3.8, 4) is 0 Å². The predicted octanol–water partition coefficient (Wildman–Crippen LogP) is 1.57. The van der Waals surface area contributed by atoms with Crippen LogP contribution in [0.15, 0.2) is 46.7 Å². The number of nitrogens with two attached hydrogens (primary N) is 1. The topological polar surface area (TPSA) is 80.9 Å². The molecule has 0 spiro atoms. The summed E-state index contributed by atoms with van der Waals surface area (Å²) in [6.07, 6.45) is 3.15. The minimum Gasteiger partial charge on any atom is -0.398 e. The number of aromatic nitrogens is 2. The molecule has 0 saturated heterocycles. The molecule has 3 N–H and O–H groups in total. The van der Waals surface area contributed by atoms with Crippen molar-refractivity contribution in [2.75, 3.05) is 12.8 Å². The maximum Gasteiger partial charge on any atom is 0.251 e. The molecule has 0 saturated carbocycles. The maximum atomic E-state index is 11.4. The van der Waals surface area contributed by atoms with E-state index in [-0.39, 0.29) is 5.91 Å². The van der Waals surface area contributed by atoms with Crippen LogP contribution in [0.25, 0.3) is 0 Å². The van der Waals surface area contributed by atoms with E-state index < -0.39 is 0 Å². The average Bonchev–Trinajstić information content (AvgIpc) is 2.41. The standard InChI is InChI=1S/C12H12N4OS/c1-14-12(17)8-2-3-10(9(13)6-8)18-11-4-5-15-7-16-11/h2-7H,13H2,1H3,(H,14,17). The van der Waals surface area contributed by atoms with Crippen molar-refractivity contribution in [1.29, 1.82) is 0 Å². The lowest BCUT2D eigenvalue weighted by Gasteiger charge is -2.06. The normalized spacial score (nSPS) is 10.1. The van der Waals surface area contributed by atoms with Crippen LogP contribution in [0.4, 0.5) is 5.69 Å². The van der Waals surface area contributed by atoms with E-state index in [2.05, 4.69) is 15.3 Å². The number of hydrogen-bond acceptors (Lipinski definition) is 5. The number of nitrogen functional groups attached to an aromatic ring is 1. The van der Waals surface area contributed by atoms with Crippen LogP contribution >= 0.6 is 11.8 Å². The van der Waals surface area contributed by atoms with E-state index in [4.69, 9.17) is 5.73 Å². The molecule has 2 rings (SSSR count). The molecule has 92 valence electrons. The number of hydrogen-bond donors (Lipinski definition) is 2. The van der Waals surface area contributed by atoms with Gasteiger partial charge in [0.1, 0.15) is 11.4 Å². The van der Waals surface area contributed by atoms with Crippen LogP contribution in [0.2, 0.25) is 0 Å². The number of rotatable bonds is 3. The van der Waals surface area contributed by atoms with Crippen molar-refractivity contribution >= 4 is 23.4 Å². The summed E-state index contributed by atoms with van der Waals surface area (Å²) in [5, 5.41) is 3.37. The number of amides is 1. The first-order chi connectivity index (χ1) is 8.70. The highest BCUT2D eigenvalue weighted by atomic mass is 32.2. The number of nitrogens with zero attached hydrogens (tertiary/aromatic N) is 2. The largest absolute Gasteiger partial charge is 0.398 e. The van der Waals surface area contributed by atoms with E-state index in [9.17, 15) is 4.79 Å². The Morgan fingerprint density at radius 3 is 2.83 bits per heavy atom. The van der Waals surface area contributed by atoms with Gasteiger partial charge in [0, 0.05) is 29.4 Å². The first kappa shape index (κ1) is 12.4. The van der Waals surface area contributed by atoms with Crippen LogP contribution in [-0.2, 0) is 0 Å². The lowest BCUT2D eigenvalue weighted by molar-refractivity contribution is 0.0963. The molecule has 0 aliphatic carbocycles. The van der Waals surface area contributed by atoms with Crippen molar-refractivity contribution in [3.05, 3.63) is 42.4 Å². The van der Waals surface area contributed by atoms with Gasteiger partial charge in [-0.25, -0.2) is 9.97 Å². The fourth-order valence-electron chi connectivity index (χ4n) is 1.38.